The number of hydrogen-bond acceptors (Lipinski definition) is 6. The summed E-state index contributed by atoms with van der Waals surface area (Å²) in [6.45, 7) is 5.50. The molecule has 186 valence electrons. The van der Waals surface area contributed by atoms with Crippen molar-refractivity contribution in [3.63, 3.8) is 0 Å². The zero-order chi connectivity index (χ0) is 26.0. The van der Waals surface area contributed by atoms with E-state index in [0.717, 1.165) is 17.4 Å². The van der Waals surface area contributed by atoms with E-state index in [1.54, 1.807) is 41.9 Å². The number of thiocarbonyl (C=S) groups is 1. The Morgan fingerprint density at radius 3 is 2.61 bits per heavy atom. The Kier molecular flexibility index (Phi) is 7.82. The molecule has 2 atom stereocenters. The number of carbonyl (C=O) groups excluding carboxylic acids is 1. The first kappa shape index (κ1) is 25.9. The number of benzene rings is 2. The lowest BCUT2D eigenvalue weighted by atomic mass is 9.98. The maximum Gasteiger partial charge on any atom is 0.327 e. The summed E-state index contributed by atoms with van der Waals surface area (Å²) in [6, 6.07) is 15.4. The molecule has 1 N–H and O–H groups in total. The van der Waals surface area contributed by atoms with Crippen molar-refractivity contribution in [1.82, 2.24) is 14.7 Å². The summed E-state index contributed by atoms with van der Waals surface area (Å²) in [5.41, 5.74) is 1.97. The smallest absolute Gasteiger partial charge is 0.327 e. The standard InChI is InChI=1S/C26H24ClN3O4S2/c1-4-15(2)22(25(32)33)29-23(31)21(36-26(29)35)14-20-16(3)28-30(18-10-6-5-7-11-18)24(20)34-19-12-8-9-17(27)13-19/h5-15,22H,4H2,1-3H3,(H,32,33)/b21-14-/t15?,22-/m0/s1. The van der Waals surface area contributed by atoms with E-state index in [4.69, 9.17) is 28.6 Å². The molecule has 0 aliphatic carbocycles. The molecule has 2 heterocycles. The number of para-hydroxylation sites is 1. The fraction of sp³-hybridized carbons (Fsp3) is 0.231. The summed E-state index contributed by atoms with van der Waals surface area (Å²) in [5.74, 6) is -0.903. The second-order valence-corrected chi connectivity index (χ2v) is 10.4. The van der Waals surface area contributed by atoms with E-state index in [0.29, 0.717) is 39.2 Å². The Morgan fingerprint density at radius 2 is 1.97 bits per heavy atom. The van der Waals surface area contributed by atoms with Crippen LogP contribution < -0.4 is 4.74 Å². The summed E-state index contributed by atoms with van der Waals surface area (Å²) in [4.78, 5) is 26.9. The third-order valence-electron chi connectivity index (χ3n) is 5.89. The molecule has 1 unspecified atom stereocenters. The highest BCUT2D eigenvalue weighted by Gasteiger charge is 2.42. The maximum atomic E-state index is 13.4. The molecular formula is C26H24ClN3O4S2. The van der Waals surface area contributed by atoms with Gasteiger partial charge in [0.2, 0.25) is 5.88 Å². The van der Waals surface area contributed by atoms with Crippen molar-refractivity contribution in [2.75, 3.05) is 0 Å². The summed E-state index contributed by atoms with van der Waals surface area (Å²) in [7, 11) is 0. The number of carboxylic acid groups (broad SMARTS) is 1. The maximum absolute atomic E-state index is 13.4. The zero-order valence-corrected chi connectivity index (χ0v) is 22.2. The van der Waals surface area contributed by atoms with Gasteiger partial charge in [0.1, 0.15) is 16.1 Å². The molecule has 4 rings (SSSR count). The summed E-state index contributed by atoms with van der Waals surface area (Å²) >= 11 is 12.7. The number of aromatic nitrogens is 2. The van der Waals surface area contributed by atoms with Crippen LogP contribution in [0.2, 0.25) is 5.02 Å². The first-order valence-corrected chi connectivity index (χ1v) is 12.9. The van der Waals surface area contributed by atoms with Gasteiger partial charge in [0.25, 0.3) is 5.91 Å². The van der Waals surface area contributed by atoms with Crippen LogP contribution in [0.5, 0.6) is 11.6 Å². The second-order valence-electron chi connectivity index (χ2n) is 8.33. The average Bonchev–Trinajstić information content (AvgIpc) is 3.30. The minimum absolute atomic E-state index is 0.212. The molecule has 0 saturated carbocycles. The van der Waals surface area contributed by atoms with Gasteiger partial charge in [-0.15, -0.1) is 0 Å². The van der Waals surface area contributed by atoms with Gasteiger partial charge in [0, 0.05) is 5.02 Å². The van der Waals surface area contributed by atoms with Gasteiger partial charge < -0.3 is 9.84 Å². The molecule has 0 bridgehead atoms. The highest BCUT2D eigenvalue weighted by molar-refractivity contribution is 8.26. The highest BCUT2D eigenvalue weighted by atomic mass is 35.5. The van der Waals surface area contributed by atoms with E-state index < -0.39 is 17.9 Å². The summed E-state index contributed by atoms with van der Waals surface area (Å²) < 4.78 is 8.11. The average molecular weight is 542 g/mol. The lowest BCUT2D eigenvalue weighted by molar-refractivity contribution is -0.147. The number of amides is 1. The number of carbonyl (C=O) groups is 2. The van der Waals surface area contributed by atoms with E-state index >= 15 is 0 Å². The molecule has 0 spiro atoms. The predicted octanol–water partition coefficient (Wildman–Crippen LogP) is 6.33. The van der Waals surface area contributed by atoms with Crippen molar-refractivity contribution in [3.8, 4) is 17.3 Å². The molecule has 7 nitrogen and oxygen atoms in total. The fourth-order valence-electron chi connectivity index (χ4n) is 3.85. The molecule has 1 saturated heterocycles. The monoisotopic (exact) mass is 541 g/mol. The summed E-state index contributed by atoms with van der Waals surface area (Å²) in [5, 5.41) is 15.0. The molecule has 2 aromatic carbocycles. The quantitative estimate of drug-likeness (QED) is 0.263. The molecule has 0 radical (unpaired) electrons. The highest BCUT2D eigenvalue weighted by Crippen LogP contribution is 2.39. The van der Waals surface area contributed by atoms with Crippen LogP contribution in [0.3, 0.4) is 0 Å². The number of aryl methyl sites for hydroxylation is 1. The van der Waals surface area contributed by atoms with Gasteiger partial charge in [-0.3, -0.25) is 9.69 Å². The normalized spacial score (nSPS) is 16.4. The van der Waals surface area contributed by atoms with Crippen molar-refractivity contribution in [2.24, 2.45) is 5.92 Å². The van der Waals surface area contributed by atoms with E-state index in [1.165, 1.54) is 4.90 Å². The van der Waals surface area contributed by atoms with Crippen LogP contribution in [-0.4, -0.2) is 42.0 Å². The Balaban J connectivity index is 1.80. The minimum atomic E-state index is -1.08. The minimum Gasteiger partial charge on any atom is -0.480 e. The molecule has 36 heavy (non-hydrogen) atoms. The van der Waals surface area contributed by atoms with E-state index in [-0.39, 0.29) is 10.2 Å². The van der Waals surface area contributed by atoms with Gasteiger partial charge in [0.15, 0.2) is 0 Å². The lowest BCUT2D eigenvalue weighted by Crippen LogP contribution is -2.47. The van der Waals surface area contributed by atoms with Crippen LogP contribution in [-0.2, 0) is 9.59 Å². The van der Waals surface area contributed by atoms with Crippen molar-refractivity contribution in [1.29, 1.82) is 0 Å². The first-order valence-electron chi connectivity index (χ1n) is 11.3. The van der Waals surface area contributed by atoms with Crippen LogP contribution in [0, 0.1) is 12.8 Å². The molecule has 1 amide bonds. The largest absolute Gasteiger partial charge is 0.480 e. The number of thioether (sulfide) groups is 1. The molecule has 1 aliphatic rings. The van der Waals surface area contributed by atoms with Crippen LogP contribution in [0.1, 0.15) is 31.5 Å². The molecule has 3 aromatic rings. The molecular weight excluding hydrogens is 518 g/mol. The van der Waals surface area contributed by atoms with Crippen LogP contribution >= 0.6 is 35.6 Å². The number of aliphatic carboxylic acids is 1. The topological polar surface area (TPSA) is 84.7 Å². The number of ether oxygens (including phenoxy) is 1. The van der Waals surface area contributed by atoms with Crippen LogP contribution in [0.4, 0.5) is 0 Å². The van der Waals surface area contributed by atoms with Crippen molar-refractivity contribution in [2.45, 2.75) is 33.2 Å². The number of nitrogens with zero attached hydrogens (tertiary/aromatic N) is 3. The van der Waals surface area contributed by atoms with E-state index in [1.807, 2.05) is 44.2 Å². The molecule has 10 heteroatoms. The van der Waals surface area contributed by atoms with Crippen LogP contribution in [0.15, 0.2) is 59.5 Å². The number of carboxylic acids is 1. The first-order chi connectivity index (χ1) is 17.2. The third kappa shape index (κ3) is 5.18. The van der Waals surface area contributed by atoms with E-state index in [9.17, 15) is 14.7 Å². The number of halogens is 1. The molecule has 1 fully saturated rings. The van der Waals surface area contributed by atoms with Crippen molar-refractivity contribution >= 4 is 57.9 Å². The third-order valence-corrected chi connectivity index (χ3v) is 7.45. The van der Waals surface area contributed by atoms with Gasteiger partial charge in [0.05, 0.1) is 21.8 Å². The Morgan fingerprint density at radius 1 is 1.25 bits per heavy atom. The molecule has 1 aliphatic heterocycles. The van der Waals surface area contributed by atoms with Gasteiger partial charge in [-0.25, -0.2) is 4.79 Å². The summed E-state index contributed by atoms with van der Waals surface area (Å²) in [6.07, 6.45) is 2.25. The second kappa shape index (κ2) is 10.9. The van der Waals surface area contributed by atoms with Gasteiger partial charge in [-0.05, 0) is 49.2 Å². The Labute approximate surface area is 223 Å². The number of hydrogen-bond donors (Lipinski definition) is 1. The SMILES string of the molecule is CCC(C)[C@@H](C(=O)O)N1C(=O)/C(=C/c2c(C)nn(-c3ccccc3)c2Oc2cccc(Cl)c2)SC1=S. The molecule has 1 aromatic heterocycles. The van der Waals surface area contributed by atoms with Crippen molar-refractivity contribution in [3.05, 3.63) is 75.8 Å². The lowest BCUT2D eigenvalue weighted by Gasteiger charge is -2.27. The fourth-order valence-corrected chi connectivity index (χ4v) is 5.34. The van der Waals surface area contributed by atoms with Crippen molar-refractivity contribution < 1.29 is 19.4 Å². The Hall–Kier alpha value is -3.14. The number of rotatable bonds is 8. The van der Waals surface area contributed by atoms with Gasteiger partial charge in [-0.1, -0.05) is 80.1 Å². The predicted molar refractivity (Wildman–Crippen MR) is 146 cm³/mol. The van der Waals surface area contributed by atoms with E-state index in [2.05, 4.69) is 5.10 Å². The van der Waals surface area contributed by atoms with Crippen LogP contribution in [0.25, 0.3) is 11.8 Å². The van der Waals surface area contributed by atoms with Gasteiger partial charge >= 0.3 is 5.97 Å². The Bertz CT molecular complexity index is 1360. The zero-order valence-electron chi connectivity index (χ0n) is 19.8. The van der Waals surface area contributed by atoms with Gasteiger partial charge in [-0.2, -0.15) is 9.78 Å².